The van der Waals surface area contributed by atoms with Gasteiger partial charge in [-0.15, -0.1) is 0 Å². The lowest BCUT2D eigenvalue weighted by Crippen LogP contribution is -2.30. The second-order valence-electron chi connectivity index (χ2n) is 17.4. The van der Waals surface area contributed by atoms with Crippen molar-refractivity contribution < 1.29 is 28.6 Å². The Morgan fingerprint density at radius 3 is 1.03 bits per heavy atom. The minimum atomic E-state index is -0.778. The Morgan fingerprint density at radius 2 is 0.633 bits per heavy atom. The summed E-state index contributed by atoms with van der Waals surface area (Å²) in [6.07, 6.45) is 57.0. The number of allylic oxidation sites excluding steroid dienone is 6. The predicted molar refractivity (Wildman–Crippen MR) is 256 cm³/mol. The molecule has 0 N–H and O–H groups in total. The molecule has 0 aliphatic carbocycles. The van der Waals surface area contributed by atoms with Crippen LogP contribution in [0.25, 0.3) is 0 Å². The fraction of sp³-hybridized carbons (Fsp3) is 0.833. The third-order valence-corrected chi connectivity index (χ3v) is 11.3. The summed E-state index contributed by atoms with van der Waals surface area (Å²) in [6.45, 7) is 6.55. The first kappa shape index (κ1) is 57.6. The molecule has 6 heteroatoms. The van der Waals surface area contributed by atoms with E-state index in [2.05, 4.69) is 57.2 Å². The van der Waals surface area contributed by atoms with E-state index in [1.165, 1.54) is 135 Å². The molecule has 0 saturated carbocycles. The van der Waals surface area contributed by atoms with Crippen LogP contribution in [-0.4, -0.2) is 37.2 Å². The van der Waals surface area contributed by atoms with Crippen LogP contribution in [0.1, 0.15) is 271 Å². The van der Waals surface area contributed by atoms with Gasteiger partial charge < -0.3 is 14.2 Å². The van der Waals surface area contributed by atoms with E-state index in [1.54, 1.807) is 0 Å². The van der Waals surface area contributed by atoms with E-state index in [0.29, 0.717) is 19.3 Å². The van der Waals surface area contributed by atoms with Crippen molar-refractivity contribution in [3.63, 3.8) is 0 Å². The van der Waals surface area contributed by atoms with Gasteiger partial charge in [0.05, 0.1) is 0 Å². The molecule has 6 nitrogen and oxygen atoms in total. The van der Waals surface area contributed by atoms with Crippen molar-refractivity contribution in [2.75, 3.05) is 13.2 Å². The lowest BCUT2D eigenvalue weighted by atomic mass is 10.0. The van der Waals surface area contributed by atoms with E-state index < -0.39 is 6.10 Å². The van der Waals surface area contributed by atoms with Gasteiger partial charge in [0.15, 0.2) is 6.10 Å². The molecule has 0 aliphatic rings. The molecular formula is C54H98O6. The second kappa shape index (κ2) is 49.3. The van der Waals surface area contributed by atoms with Crippen molar-refractivity contribution in [1.82, 2.24) is 0 Å². The van der Waals surface area contributed by atoms with Gasteiger partial charge in [0.1, 0.15) is 13.2 Å². The first-order valence-corrected chi connectivity index (χ1v) is 26.0. The number of esters is 3. The zero-order valence-corrected chi connectivity index (χ0v) is 40.0. The van der Waals surface area contributed by atoms with Crippen molar-refractivity contribution in [1.29, 1.82) is 0 Å². The van der Waals surface area contributed by atoms with Crippen LogP contribution < -0.4 is 0 Å². The maximum atomic E-state index is 12.8. The van der Waals surface area contributed by atoms with E-state index in [1.807, 2.05) is 0 Å². The van der Waals surface area contributed by atoms with Gasteiger partial charge in [-0.2, -0.15) is 0 Å². The summed E-state index contributed by atoms with van der Waals surface area (Å²) in [5, 5.41) is 0. The molecule has 0 aromatic heterocycles. The first-order valence-electron chi connectivity index (χ1n) is 26.0. The summed E-state index contributed by atoms with van der Waals surface area (Å²) in [6, 6.07) is 0. The minimum absolute atomic E-state index is 0.0777. The summed E-state index contributed by atoms with van der Waals surface area (Å²) >= 11 is 0. The van der Waals surface area contributed by atoms with Crippen LogP contribution in [0.2, 0.25) is 0 Å². The average molecular weight is 843 g/mol. The molecular weight excluding hydrogens is 745 g/mol. The Hall–Kier alpha value is -2.37. The number of hydrogen-bond acceptors (Lipinski definition) is 6. The average Bonchev–Trinajstić information content (AvgIpc) is 3.24. The van der Waals surface area contributed by atoms with Gasteiger partial charge >= 0.3 is 17.9 Å². The van der Waals surface area contributed by atoms with Crippen molar-refractivity contribution in [3.8, 4) is 0 Å². The molecule has 1 unspecified atom stereocenters. The van der Waals surface area contributed by atoms with Crippen molar-refractivity contribution >= 4 is 17.9 Å². The third-order valence-electron chi connectivity index (χ3n) is 11.3. The smallest absolute Gasteiger partial charge is 0.306 e. The zero-order chi connectivity index (χ0) is 43.7. The van der Waals surface area contributed by atoms with E-state index in [4.69, 9.17) is 14.2 Å². The number of ether oxygens (including phenoxy) is 3. The SMILES string of the molecule is CCC/C=C\CCCCCCCC(=O)OCC(COC(=O)CCCCCCCCCCCCCCCCCCC)OC(=O)CCCCCCC/C=C\C/C=C\CCCCC. The quantitative estimate of drug-likeness (QED) is 0.0263. The summed E-state index contributed by atoms with van der Waals surface area (Å²) < 4.78 is 16.8. The Bertz CT molecular complexity index is 1020. The molecule has 0 amide bonds. The molecule has 0 bridgehead atoms. The molecule has 0 rings (SSSR count). The van der Waals surface area contributed by atoms with Gasteiger partial charge in [-0.05, 0) is 70.6 Å². The summed E-state index contributed by atoms with van der Waals surface area (Å²) in [5.74, 6) is -0.893. The molecule has 0 aromatic carbocycles. The predicted octanol–water partition coefficient (Wildman–Crippen LogP) is 16.9. The van der Waals surface area contributed by atoms with Gasteiger partial charge in [-0.25, -0.2) is 0 Å². The van der Waals surface area contributed by atoms with E-state index >= 15 is 0 Å². The Morgan fingerprint density at radius 1 is 0.333 bits per heavy atom. The third kappa shape index (κ3) is 46.7. The molecule has 0 fully saturated rings. The highest BCUT2D eigenvalue weighted by molar-refractivity contribution is 5.71. The highest BCUT2D eigenvalue weighted by Crippen LogP contribution is 2.16. The number of unbranched alkanes of at least 4 members (excludes halogenated alkanes) is 30. The fourth-order valence-electron chi connectivity index (χ4n) is 7.42. The molecule has 0 saturated heterocycles. The molecule has 0 aromatic rings. The molecule has 60 heavy (non-hydrogen) atoms. The lowest BCUT2D eigenvalue weighted by Gasteiger charge is -2.18. The summed E-state index contributed by atoms with van der Waals surface area (Å²) in [5.41, 5.74) is 0. The van der Waals surface area contributed by atoms with Crippen molar-refractivity contribution in [2.45, 2.75) is 277 Å². The zero-order valence-electron chi connectivity index (χ0n) is 40.0. The highest BCUT2D eigenvalue weighted by atomic mass is 16.6. The van der Waals surface area contributed by atoms with Crippen LogP contribution >= 0.6 is 0 Å². The molecule has 0 radical (unpaired) electrons. The maximum absolute atomic E-state index is 12.8. The number of carbonyl (C=O) groups excluding carboxylic acids is 3. The van der Waals surface area contributed by atoms with E-state index in [9.17, 15) is 14.4 Å². The Balaban J connectivity index is 4.33. The van der Waals surface area contributed by atoms with Crippen LogP contribution in [0, 0.1) is 0 Å². The monoisotopic (exact) mass is 843 g/mol. The molecule has 0 spiro atoms. The second-order valence-corrected chi connectivity index (χ2v) is 17.4. The van der Waals surface area contributed by atoms with Crippen LogP contribution in [0.3, 0.4) is 0 Å². The van der Waals surface area contributed by atoms with Gasteiger partial charge in [-0.3, -0.25) is 14.4 Å². The van der Waals surface area contributed by atoms with Gasteiger partial charge in [0, 0.05) is 19.3 Å². The van der Waals surface area contributed by atoms with Crippen LogP contribution in [0.15, 0.2) is 36.5 Å². The fourth-order valence-corrected chi connectivity index (χ4v) is 7.42. The van der Waals surface area contributed by atoms with Crippen LogP contribution in [0.5, 0.6) is 0 Å². The van der Waals surface area contributed by atoms with Gasteiger partial charge in [-0.1, -0.05) is 218 Å². The van der Waals surface area contributed by atoms with Crippen molar-refractivity contribution in [3.05, 3.63) is 36.5 Å². The Kier molecular flexibility index (Phi) is 47.3. The highest BCUT2D eigenvalue weighted by Gasteiger charge is 2.19. The van der Waals surface area contributed by atoms with Crippen LogP contribution in [0.4, 0.5) is 0 Å². The standard InChI is InChI=1S/C54H98O6/c1-4-7-10-13-16-19-22-24-26-27-29-30-32-35-38-41-44-47-53(56)59-50-51(49-58-52(55)46-43-40-37-34-21-18-15-12-9-6-3)60-54(57)48-45-42-39-36-33-31-28-25-23-20-17-14-11-8-5-2/h12,15,17,20,25,28,51H,4-11,13-14,16,18-19,21-24,26-27,29-50H2,1-3H3/b15-12-,20-17-,28-25-. The lowest BCUT2D eigenvalue weighted by molar-refractivity contribution is -0.167. The first-order chi connectivity index (χ1) is 29.5. The number of carbonyl (C=O) groups is 3. The largest absolute Gasteiger partial charge is 0.462 e. The summed E-state index contributed by atoms with van der Waals surface area (Å²) in [4.78, 5) is 37.9. The van der Waals surface area contributed by atoms with E-state index in [-0.39, 0.29) is 31.1 Å². The number of rotatable bonds is 47. The van der Waals surface area contributed by atoms with E-state index in [0.717, 1.165) is 96.3 Å². The molecule has 0 heterocycles. The minimum Gasteiger partial charge on any atom is -0.462 e. The molecule has 0 aliphatic heterocycles. The van der Waals surface area contributed by atoms with Gasteiger partial charge in [0.25, 0.3) is 0 Å². The maximum Gasteiger partial charge on any atom is 0.306 e. The topological polar surface area (TPSA) is 78.9 Å². The number of hydrogen-bond donors (Lipinski definition) is 0. The van der Waals surface area contributed by atoms with Crippen LogP contribution in [-0.2, 0) is 28.6 Å². The van der Waals surface area contributed by atoms with Crippen molar-refractivity contribution in [2.24, 2.45) is 0 Å². The summed E-state index contributed by atoms with van der Waals surface area (Å²) in [7, 11) is 0. The molecule has 1 atom stereocenters. The molecule has 350 valence electrons. The Labute approximate surface area is 372 Å². The van der Waals surface area contributed by atoms with Gasteiger partial charge in [0.2, 0.25) is 0 Å². The normalized spacial score (nSPS) is 12.2.